The summed E-state index contributed by atoms with van der Waals surface area (Å²) in [6.07, 6.45) is 5.79. The maximum atomic E-state index is 4.66. The first-order chi connectivity index (χ1) is 10.2. The fraction of sp³-hybridized carbons (Fsp3) is 0.429. The SMILES string of the molecule is CCc1ncc2c(n1)CN(c1nn3cc(C)nc3s1)CC2. The summed E-state index contributed by atoms with van der Waals surface area (Å²) in [5.41, 5.74) is 3.40. The number of anilines is 1. The van der Waals surface area contributed by atoms with Crippen LogP contribution in [0.3, 0.4) is 0 Å². The smallest absolute Gasteiger partial charge is 0.214 e. The number of hydrogen-bond donors (Lipinski definition) is 0. The normalized spacial score (nSPS) is 14.7. The molecule has 0 spiro atoms. The summed E-state index contributed by atoms with van der Waals surface area (Å²) in [6, 6.07) is 0. The highest BCUT2D eigenvalue weighted by Gasteiger charge is 2.21. The molecule has 0 atom stereocenters. The lowest BCUT2D eigenvalue weighted by Crippen LogP contribution is -2.31. The number of aromatic nitrogens is 5. The molecule has 3 aromatic rings. The van der Waals surface area contributed by atoms with Gasteiger partial charge in [-0.3, -0.25) is 0 Å². The average molecular weight is 300 g/mol. The zero-order valence-corrected chi connectivity index (χ0v) is 12.9. The molecular formula is C14H16N6S. The Morgan fingerprint density at radius 2 is 2.24 bits per heavy atom. The van der Waals surface area contributed by atoms with Crippen LogP contribution in [0.5, 0.6) is 0 Å². The second-order valence-corrected chi connectivity index (χ2v) is 6.21. The van der Waals surface area contributed by atoms with Gasteiger partial charge in [0.1, 0.15) is 5.82 Å². The van der Waals surface area contributed by atoms with Crippen LogP contribution in [0.25, 0.3) is 4.96 Å². The van der Waals surface area contributed by atoms with E-state index in [9.17, 15) is 0 Å². The minimum atomic E-state index is 0.806. The van der Waals surface area contributed by atoms with Crippen molar-refractivity contribution in [3.05, 3.63) is 35.2 Å². The Labute approximate surface area is 126 Å². The first-order valence-electron chi connectivity index (χ1n) is 7.14. The second-order valence-electron chi connectivity index (χ2n) is 5.28. The van der Waals surface area contributed by atoms with Crippen LogP contribution in [0.4, 0.5) is 5.13 Å². The van der Waals surface area contributed by atoms with Crippen molar-refractivity contribution in [2.24, 2.45) is 0 Å². The van der Waals surface area contributed by atoms with Crippen LogP contribution in [-0.2, 0) is 19.4 Å². The molecule has 0 N–H and O–H groups in total. The molecule has 0 bridgehead atoms. The van der Waals surface area contributed by atoms with Crippen molar-refractivity contribution in [1.82, 2.24) is 24.6 Å². The van der Waals surface area contributed by atoms with E-state index >= 15 is 0 Å². The lowest BCUT2D eigenvalue weighted by Gasteiger charge is -2.27. The highest BCUT2D eigenvalue weighted by atomic mass is 32.1. The van der Waals surface area contributed by atoms with Crippen molar-refractivity contribution >= 4 is 21.4 Å². The van der Waals surface area contributed by atoms with Gasteiger partial charge in [0.2, 0.25) is 10.1 Å². The maximum Gasteiger partial charge on any atom is 0.214 e. The fourth-order valence-corrected chi connectivity index (χ4v) is 3.56. The van der Waals surface area contributed by atoms with Gasteiger partial charge in [-0.25, -0.2) is 19.5 Å². The highest BCUT2D eigenvalue weighted by molar-refractivity contribution is 7.20. The molecule has 0 radical (unpaired) electrons. The van der Waals surface area contributed by atoms with Gasteiger partial charge in [-0.05, 0) is 18.9 Å². The molecule has 0 saturated heterocycles. The van der Waals surface area contributed by atoms with Gasteiger partial charge in [0, 0.05) is 19.2 Å². The monoisotopic (exact) mass is 300 g/mol. The molecule has 0 aromatic carbocycles. The lowest BCUT2D eigenvalue weighted by molar-refractivity contribution is 0.684. The molecule has 1 aliphatic rings. The molecule has 108 valence electrons. The molecule has 6 nitrogen and oxygen atoms in total. The first-order valence-corrected chi connectivity index (χ1v) is 7.96. The van der Waals surface area contributed by atoms with Crippen LogP contribution in [0, 0.1) is 6.92 Å². The Bertz CT molecular complexity index is 774. The van der Waals surface area contributed by atoms with Gasteiger partial charge in [-0.1, -0.05) is 18.3 Å². The van der Waals surface area contributed by atoms with Gasteiger partial charge in [0.15, 0.2) is 0 Å². The third-order valence-corrected chi connectivity index (χ3v) is 4.72. The third kappa shape index (κ3) is 2.17. The average Bonchev–Trinajstić information content (AvgIpc) is 3.03. The van der Waals surface area contributed by atoms with Crippen molar-refractivity contribution < 1.29 is 0 Å². The highest BCUT2D eigenvalue weighted by Crippen LogP contribution is 2.27. The van der Waals surface area contributed by atoms with Crippen molar-refractivity contribution in [2.45, 2.75) is 33.2 Å². The summed E-state index contributed by atoms with van der Waals surface area (Å²) in [7, 11) is 0. The van der Waals surface area contributed by atoms with E-state index in [2.05, 4.69) is 31.9 Å². The zero-order chi connectivity index (χ0) is 14.4. The summed E-state index contributed by atoms with van der Waals surface area (Å²) in [5.74, 6) is 0.917. The van der Waals surface area contributed by atoms with Crippen LogP contribution in [-0.4, -0.2) is 31.1 Å². The molecule has 1 aliphatic heterocycles. The van der Waals surface area contributed by atoms with Crippen LogP contribution < -0.4 is 4.90 Å². The van der Waals surface area contributed by atoms with Gasteiger partial charge in [0.25, 0.3) is 0 Å². The zero-order valence-electron chi connectivity index (χ0n) is 12.1. The largest absolute Gasteiger partial charge is 0.340 e. The third-order valence-electron chi connectivity index (χ3n) is 3.74. The van der Waals surface area contributed by atoms with Crippen LogP contribution in [0.1, 0.15) is 29.7 Å². The van der Waals surface area contributed by atoms with Crippen LogP contribution in [0.15, 0.2) is 12.4 Å². The predicted molar refractivity (Wildman–Crippen MR) is 81.8 cm³/mol. The minimum Gasteiger partial charge on any atom is -0.340 e. The Kier molecular flexibility index (Phi) is 2.88. The van der Waals surface area contributed by atoms with Gasteiger partial charge >= 0.3 is 0 Å². The van der Waals surface area contributed by atoms with Gasteiger partial charge in [-0.2, -0.15) is 0 Å². The number of aryl methyl sites for hydroxylation is 2. The molecule has 4 rings (SSSR count). The molecule has 21 heavy (non-hydrogen) atoms. The number of imidazole rings is 1. The molecule has 7 heteroatoms. The number of fused-ring (bicyclic) bond motifs is 2. The molecular weight excluding hydrogens is 284 g/mol. The molecule has 0 unspecified atom stereocenters. The summed E-state index contributed by atoms with van der Waals surface area (Å²) in [4.78, 5) is 16.8. The van der Waals surface area contributed by atoms with E-state index in [1.54, 1.807) is 11.3 Å². The van der Waals surface area contributed by atoms with Gasteiger partial charge in [0.05, 0.1) is 24.1 Å². The molecule has 3 aromatic heterocycles. The van der Waals surface area contributed by atoms with Crippen molar-refractivity contribution in [1.29, 1.82) is 0 Å². The Morgan fingerprint density at radius 3 is 3.05 bits per heavy atom. The molecule has 0 saturated carbocycles. The molecule has 0 aliphatic carbocycles. The maximum absolute atomic E-state index is 4.66. The van der Waals surface area contributed by atoms with Crippen molar-refractivity contribution in [3.63, 3.8) is 0 Å². The Balaban J connectivity index is 1.65. The van der Waals surface area contributed by atoms with Gasteiger partial charge in [-0.15, -0.1) is 5.10 Å². The molecule has 4 heterocycles. The standard InChI is InChI=1S/C14H16N6S/c1-3-12-15-6-10-4-5-19(8-11(10)17-12)14-18-20-7-9(2)16-13(20)21-14/h6-7H,3-5,8H2,1-2H3. The first kappa shape index (κ1) is 12.7. The molecule has 0 fully saturated rings. The molecule has 0 amide bonds. The van der Waals surface area contributed by atoms with Crippen molar-refractivity contribution in [3.8, 4) is 0 Å². The number of nitrogens with zero attached hydrogens (tertiary/aromatic N) is 6. The van der Waals surface area contributed by atoms with E-state index in [1.165, 1.54) is 5.56 Å². The fourth-order valence-electron chi connectivity index (χ4n) is 2.60. The summed E-state index contributed by atoms with van der Waals surface area (Å²) in [5, 5.41) is 5.64. The van der Waals surface area contributed by atoms with E-state index in [4.69, 9.17) is 0 Å². The van der Waals surface area contributed by atoms with E-state index in [0.717, 1.165) is 53.2 Å². The Morgan fingerprint density at radius 1 is 1.33 bits per heavy atom. The van der Waals surface area contributed by atoms with E-state index in [0.29, 0.717) is 0 Å². The van der Waals surface area contributed by atoms with Gasteiger partial charge < -0.3 is 4.90 Å². The number of rotatable bonds is 2. The quantitative estimate of drug-likeness (QED) is 0.724. The van der Waals surface area contributed by atoms with E-state index in [1.807, 2.05) is 23.8 Å². The lowest BCUT2D eigenvalue weighted by atomic mass is 10.1. The Hall–Kier alpha value is -2.02. The van der Waals surface area contributed by atoms with Crippen molar-refractivity contribution in [2.75, 3.05) is 11.4 Å². The van der Waals surface area contributed by atoms with E-state index < -0.39 is 0 Å². The predicted octanol–water partition coefficient (Wildman–Crippen LogP) is 2.01. The summed E-state index contributed by atoms with van der Waals surface area (Å²) >= 11 is 1.63. The minimum absolute atomic E-state index is 0.806. The summed E-state index contributed by atoms with van der Waals surface area (Å²) < 4.78 is 1.86. The second kappa shape index (κ2) is 4.77. The topological polar surface area (TPSA) is 59.2 Å². The van der Waals surface area contributed by atoms with E-state index in [-0.39, 0.29) is 0 Å². The van der Waals surface area contributed by atoms with Crippen LogP contribution >= 0.6 is 11.3 Å². The number of hydrogen-bond acceptors (Lipinski definition) is 6. The van der Waals surface area contributed by atoms with Crippen LogP contribution in [0.2, 0.25) is 0 Å². The summed E-state index contributed by atoms with van der Waals surface area (Å²) in [6.45, 7) is 5.83.